The number of hydrogen-bond donors (Lipinski definition) is 1. The predicted molar refractivity (Wildman–Crippen MR) is 136 cm³/mol. The van der Waals surface area contributed by atoms with Crippen molar-refractivity contribution in [1.29, 1.82) is 0 Å². The summed E-state index contributed by atoms with van der Waals surface area (Å²) in [6.45, 7) is 7.65. The van der Waals surface area contributed by atoms with Crippen molar-refractivity contribution in [3.63, 3.8) is 0 Å². The van der Waals surface area contributed by atoms with Gasteiger partial charge in [0.2, 0.25) is 0 Å². The minimum absolute atomic E-state index is 0.144. The van der Waals surface area contributed by atoms with Crippen molar-refractivity contribution in [1.82, 2.24) is 29.9 Å². The molecule has 11 heteroatoms. The number of morpholine rings is 1. The van der Waals surface area contributed by atoms with Crippen molar-refractivity contribution in [3.05, 3.63) is 36.1 Å². The number of aromatic nitrogens is 2. The number of likely N-dealkylation sites (tertiary alicyclic amines) is 1. The van der Waals surface area contributed by atoms with Crippen LogP contribution in [-0.4, -0.2) is 95.0 Å². The number of alkyl halides is 2. The highest BCUT2D eigenvalue weighted by Crippen LogP contribution is 2.39. The summed E-state index contributed by atoms with van der Waals surface area (Å²) in [5.74, 6) is 2.40. The smallest absolute Gasteiger partial charge is 0.284 e. The fraction of sp³-hybridized carbons (Fsp3) is 0.692. The highest BCUT2D eigenvalue weighted by Gasteiger charge is 2.41. The van der Waals surface area contributed by atoms with Crippen molar-refractivity contribution in [2.45, 2.75) is 56.7 Å². The van der Waals surface area contributed by atoms with E-state index in [-0.39, 0.29) is 11.7 Å². The van der Waals surface area contributed by atoms with Gasteiger partial charge in [-0.15, -0.1) is 0 Å². The topological polar surface area (TPSA) is 64.4 Å². The van der Waals surface area contributed by atoms with Crippen LogP contribution in [0.1, 0.15) is 50.3 Å². The van der Waals surface area contributed by atoms with Crippen LogP contribution < -0.4 is 10.3 Å². The third-order valence-corrected chi connectivity index (χ3v) is 8.87. The van der Waals surface area contributed by atoms with Gasteiger partial charge < -0.3 is 19.9 Å². The maximum atomic E-state index is 14.1. The average Bonchev–Trinajstić information content (AvgIpc) is 3.72. The zero-order valence-electron chi connectivity index (χ0n) is 21.2. The minimum atomic E-state index is -2.63. The summed E-state index contributed by atoms with van der Waals surface area (Å²) in [6.07, 6.45) is 10.7. The lowest BCUT2D eigenvalue weighted by Gasteiger charge is -2.35. The van der Waals surface area contributed by atoms with Gasteiger partial charge in [-0.1, -0.05) is 0 Å². The fourth-order valence-electron chi connectivity index (χ4n) is 6.86. The number of nitrogens with one attached hydrogen (secondary N) is 1. The summed E-state index contributed by atoms with van der Waals surface area (Å²) in [6, 6.07) is 0.559. The molecule has 5 aliphatic heterocycles. The summed E-state index contributed by atoms with van der Waals surface area (Å²) in [5, 5.41) is 11.6. The van der Waals surface area contributed by atoms with Crippen LogP contribution in [0.15, 0.2) is 35.4 Å². The largest absolute Gasteiger partial charge is 0.374 e. The molecule has 6 aliphatic rings. The monoisotopic (exact) mass is 514 g/mol. The first-order chi connectivity index (χ1) is 18.1. The second-order valence-corrected chi connectivity index (χ2v) is 11.2. The molecular formula is C26H36F2N8O. The van der Waals surface area contributed by atoms with Gasteiger partial charge in [-0.2, -0.15) is 5.10 Å². The second-order valence-electron chi connectivity index (χ2n) is 11.2. The Morgan fingerprint density at radius 2 is 1.95 bits per heavy atom. The molecule has 2 atom stereocenters. The summed E-state index contributed by atoms with van der Waals surface area (Å²) in [4.78, 5) is 9.74. The van der Waals surface area contributed by atoms with Crippen LogP contribution in [0.4, 0.5) is 14.5 Å². The highest BCUT2D eigenvalue weighted by atomic mass is 19.3. The number of hydrazine groups is 1. The van der Waals surface area contributed by atoms with E-state index in [0.717, 1.165) is 89.6 Å². The molecule has 7 rings (SSSR count). The third-order valence-electron chi connectivity index (χ3n) is 8.87. The first-order valence-corrected chi connectivity index (χ1v) is 13.8. The number of aliphatic imine (C=N–C) groups is 1. The molecule has 0 radical (unpaired) electrons. The zero-order chi connectivity index (χ0) is 24.9. The Morgan fingerprint density at radius 1 is 1.11 bits per heavy atom. The number of nitrogens with zero attached hydrogens (tertiary/aromatic N) is 7. The van der Waals surface area contributed by atoms with Crippen molar-refractivity contribution in [2.75, 3.05) is 57.4 Å². The lowest BCUT2D eigenvalue weighted by atomic mass is 9.85. The fourth-order valence-corrected chi connectivity index (χ4v) is 6.86. The van der Waals surface area contributed by atoms with Crippen LogP contribution in [-0.2, 0) is 4.74 Å². The Hall–Kier alpha value is -2.50. The summed E-state index contributed by atoms with van der Waals surface area (Å²) < 4.78 is 35.8. The summed E-state index contributed by atoms with van der Waals surface area (Å²) >= 11 is 0. The zero-order valence-corrected chi connectivity index (χ0v) is 21.2. The van der Waals surface area contributed by atoms with E-state index in [2.05, 4.69) is 20.2 Å². The molecule has 9 nitrogen and oxygen atoms in total. The van der Waals surface area contributed by atoms with E-state index in [0.29, 0.717) is 30.3 Å². The van der Waals surface area contributed by atoms with Crippen LogP contribution in [0.5, 0.6) is 0 Å². The lowest BCUT2D eigenvalue weighted by Crippen LogP contribution is -2.45. The Kier molecular flexibility index (Phi) is 6.17. The predicted octanol–water partition coefficient (Wildman–Crippen LogP) is 2.73. The van der Waals surface area contributed by atoms with Gasteiger partial charge in [0.05, 0.1) is 37.5 Å². The first-order valence-electron chi connectivity index (χ1n) is 13.8. The molecular weight excluding hydrogens is 478 g/mol. The molecule has 37 heavy (non-hydrogen) atoms. The van der Waals surface area contributed by atoms with Crippen LogP contribution in [0.25, 0.3) is 0 Å². The van der Waals surface area contributed by atoms with Gasteiger partial charge in [0.1, 0.15) is 11.5 Å². The molecule has 3 saturated heterocycles. The van der Waals surface area contributed by atoms with Gasteiger partial charge in [0.25, 0.3) is 6.43 Å². The van der Waals surface area contributed by atoms with E-state index in [9.17, 15) is 8.78 Å². The molecule has 0 amide bonds. The molecule has 1 aliphatic carbocycles. The van der Waals surface area contributed by atoms with E-state index < -0.39 is 6.43 Å². The molecule has 0 unspecified atom stereocenters. The molecule has 1 aromatic heterocycles. The molecule has 1 saturated carbocycles. The molecule has 1 aromatic rings. The third kappa shape index (κ3) is 4.44. The van der Waals surface area contributed by atoms with E-state index in [4.69, 9.17) is 9.73 Å². The number of fused-ring (bicyclic) bond motifs is 3. The first kappa shape index (κ1) is 23.6. The maximum Gasteiger partial charge on any atom is 0.284 e. The number of amidine groups is 1. The number of ether oxygens (including phenoxy) is 1. The molecule has 4 fully saturated rings. The van der Waals surface area contributed by atoms with Gasteiger partial charge in [0.15, 0.2) is 11.5 Å². The van der Waals surface area contributed by atoms with E-state index >= 15 is 0 Å². The van der Waals surface area contributed by atoms with Crippen LogP contribution in [0.2, 0.25) is 0 Å². The molecule has 0 spiro atoms. The highest BCUT2D eigenvalue weighted by molar-refractivity contribution is 5.95. The molecule has 200 valence electrons. The number of rotatable bonds is 5. The van der Waals surface area contributed by atoms with E-state index in [1.165, 1.54) is 0 Å². The van der Waals surface area contributed by atoms with E-state index in [1.807, 2.05) is 39.2 Å². The molecule has 2 bridgehead atoms. The quantitative estimate of drug-likeness (QED) is 0.648. The van der Waals surface area contributed by atoms with Crippen molar-refractivity contribution >= 4 is 11.5 Å². The maximum absolute atomic E-state index is 14.1. The molecule has 6 heterocycles. The lowest BCUT2D eigenvalue weighted by molar-refractivity contribution is 0.0568. The SMILES string of the molecule is FC(F)c1nn(C2CCC(CN3CCNCC3)CC2)cc1N1CC=C2N=C(N3C[C@H]4C[C@@H]3CO4)C=CN21. The van der Waals surface area contributed by atoms with Crippen molar-refractivity contribution in [2.24, 2.45) is 10.9 Å². The van der Waals surface area contributed by atoms with Gasteiger partial charge in [-0.3, -0.25) is 9.69 Å². The Morgan fingerprint density at radius 3 is 2.68 bits per heavy atom. The summed E-state index contributed by atoms with van der Waals surface area (Å²) in [5.41, 5.74) is 0.330. The van der Waals surface area contributed by atoms with Gasteiger partial charge in [0, 0.05) is 45.5 Å². The minimum Gasteiger partial charge on any atom is -0.374 e. The molecule has 0 aromatic carbocycles. The number of halogens is 2. The van der Waals surface area contributed by atoms with Gasteiger partial charge >= 0.3 is 0 Å². The van der Waals surface area contributed by atoms with Crippen LogP contribution in [0.3, 0.4) is 0 Å². The van der Waals surface area contributed by atoms with Crippen molar-refractivity contribution in [3.8, 4) is 0 Å². The number of piperazine rings is 1. The normalized spacial score (nSPS) is 31.9. The second kappa shape index (κ2) is 9.67. The van der Waals surface area contributed by atoms with E-state index in [1.54, 1.807) is 0 Å². The molecule has 1 N–H and O–H groups in total. The Bertz CT molecular complexity index is 1090. The number of hydrogen-bond acceptors (Lipinski definition) is 8. The summed E-state index contributed by atoms with van der Waals surface area (Å²) in [7, 11) is 0. The van der Waals surface area contributed by atoms with Crippen molar-refractivity contribution < 1.29 is 13.5 Å². The Labute approximate surface area is 216 Å². The van der Waals surface area contributed by atoms with Crippen LogP contribution in [0, 0.1) is 5.92 Å². The van der Waals surface area contributed by atoms with Gasteiger partial charge in [-0.05, 0) is 50.2 Å². The average molecular weight is 515 g/mol. The standard InChI is InChI=1S/C26H36F2N8O/c27-26(28)25-22(16-34(31-25)19-3-1-18(2-4-19)14-32-11-7-29-8-12-32)35-9-6-24-30-23(5-10-36(24)35)33-15-21-13-20(33)17-37-21/h5-6,10,16,18-21,26,29H,1-4,7-9,11-15,17H2/t18?,19?,20-,21-/m1/s1. The number of anilines is 1. The van der Waals surface area contributed by atoms with Gasteiger partial charge in [-0.25, -0.2) is 18.8 Å². The Balaban J connectivity index is 1.03. The van der Waals surface area contributed by atoms with Crippen LogP contribution >= 0.6 is 0 Å².